The summed E-state index contributed by atoms with van der Waals surface area (Å²) in [7, 11) is -3.39. The molecule has 1 aromatic heterocycles. The summed E-state index contributed by atoms with van der Waals surface area (Å²) in [5, 5.41) is 10.3. The Morgan fingerprint density at radius 3 is 2.53 bits per heavy atom. The second-order valence-electron chi connectivity index (χ2n) is 6.98. The third-order valence-corrected chi connectivity index (χ3v) is 6.05. The summed E-state index contributed by atoms with van der Waals surface area (Å²) in [6.07, 6.45) is 2.03. The molecule has 0 saturated heterocycles. The van der Waals surface area contributed by atoms with Crippen molar-refractivity contribution in [3.8, 4) is 0 Å². The van der Waals surface area contributed by atoms with E-state index in [4.69, 9.17) is 4.52 Å². The molecule has 0 bridgehead atoms. The molecule has 1 aromatic carbocycles. The molecule has 166 valence electrons. The van der Waals surface area contributed by atoms with Gasteiger partial charge in [-0.15, -0.1) is 0 Å². The van der Waals surface area contributed by atoms with Gasteiger partial charge >= 0.3 is 0 Å². The standard InChI is InChI=1S/C21H33N5O3S/c1-4-18(5-2)20-14-19(29-26-20)16-24-21(22-6-3)23-12-13-30(27,28)25-15-17-10-8-7-9-11-17/h7-11,14,18,25H,4-6,12-13,15-16H2,1-3H3,(H2,22,23,24). The van der Waals surface area contributed by atoms with E-state index in [1.807, 2.05) is 43.3 Å². The Balaban J connectivity index is 1.84. The second kappa shape index (κ2) is 12.3. The first kappa shape index (κ1) is 23.9. The quantitative estimate of drug-likeness (QED) is 0.349. The second-order valence-corrected chi connectivity index (χ2v) is 8.91. The third-order valence-electron chi connectivity index (χ3n) is 4.72. The molecule has 0 aliphatic heterocycles. The van der Waals surface area contributed by atoms with Gasteiger partial charge in [0.25, 0.3) is 0 Å². The Morgan fingerprint density at radius 1 is 1.13 bits per heavy atom. The number of hydrogen-bond donors (Lipinski definition) is 3. The molecular weight excluding hydrogens is 402 g/mol. The first-order valence-electron chi connectivity index (χ1n) is 10.5. The smallest absolute Gasteiger partial charge is 0.213 e. The van der Waals surface area contributed by atoms with E-state index in [0.717, 1.165) is 24.1 Å². The van der Waals surface area contributed by atoms with Gasteiger partial charge in [-0.3, -0.25) is 0 Å². The molecule has 0 unspecified atom stereocenters. The first-order valence-corrected chi connectivity index (χ1v) is 12.1. The summed E-state index contributed by atoms with van der Waals surface area (Å²) in [4.78, 5) is 4.47. The van der Waals surface area contributed by atoms with Gasteiger partial charge in [-0.25, -0.2) is 18.1 Å². The predicted molar refractivity (Wildman–Crippen MR) is 120 cm³/mol. The monoisotopic (exact) mass is 435 g/mol. The largest absolute Gasteiger partial charge is 0.359 e. The summed E-state index contributed by atoms with van der Waals surface area (Å²) < 4.78 is 32.4. The molecule has 2 aromatic rings. The van der Waals surface area contributed by atoms with Gasteiger partial charge in [0, 0.05) is 31.6 Å². The zero-order chi connectivity index (χ0) is 21.8. The minimum atomic E-state index is -3.39. The lowest BCUT2D eigenvalue weighted by atomic mass is 9.99. The number of hydrogen-bond acceptors (Lipinski definition) is 5. The van der Waals surface area contributed by atoms with Crippen molar-refractivity contribution in [2.24, 2.45) is 4.99 Å². The molecule has 0 fully saturated rings. The van der Waals surface area contributed by atoms with Crippen LogP contribution in [0.4, 0.5) is 0 Å². The minimum absolute atomic E-state index is 0.0502. The van der Waals surface area contributed by atoms with Gasteiger partial charge in [-0.1, -0.05) is 49.3 Å². The number of aromatic nitrogens is 1. The van der Waals surface area contributed by atoms with E-state index in [2.05, 4.69) is 39.4 Å². The minimum Gasteiger partial charge on any atom is -0.359 e. The zero-order valence-electron chi connectivity index (χ0n) is 18.0. The van der Waals surface area contributed by atoms with Crippen molar-refractivity contribution in [2.75, 3.05) is 18.8 Å². The molecule has 0 spiro atoms. The van der Waals surface area contributed by atoms with E-state index in [-0.39, 0.29) is 18.8 Å². The van der Waals surface area contributed by atoms with E-state index >= 15 is 0 Å². The fourth-order valence-electron chi connectivity index (χ4n) is 2.97. The molecule has 1 heterocycles. The lowest BCUT2D eigenvalue weighted by Gasteiger charge is -2.11. The van der Waals surface area contributed by atoms with Crippen LogP contribution in [0, 0.1) is 0 Å². The van der Waals surface area contributed by atoms with Gasteiger partial charge in [0.15, 0.2) is 11.7 Å². The molecule has 0 amide bonds. The first-order chi connectivity index (χ1) is 14.5. The average molecular weight is 436 g/mol. The lowest BCUT2D eigenvalue weighted by molar-refractivity contribution is 0.372. The van der Waals surface area contributed by atoms with Crippen LogP contribution >= 0.6 is 0 Å². The molecule has 2 rings (SSSR count). The number of benzene rings is 1. The summed E-state index contributed by atoms with van der Waals surface area (Å²) in [6.45, 7) is 7.75. The molecule has 30 heavy (non-hydrogen) atoms. The summed E-state index contributed by atoms with van der Waals surface area (Å²) in [5.74, 6) is 1.57. The summed E-state index contributed by atoms with van der Waals surface area (Å²) in [6, 6.07) is 11.4. The maximum Gasteiger partial charge on any atom is 0.213 e. The number of nitrogens with zero attached hydrogens (tertiary/aromatic N) is 2. The van der Waals surface area contributed by atoms with Crippen LogP contribution in [0.1, 0.15) is 56.5 Å². The van der Waals surface area contributed by atoms with Gasteiger partial charge < -0.3 is 15.2 Å². The van der Waals surface area contributed by atoms with Crippen molar-refractivity contribution in [1.29, 1.82) is 0 Å². The molecule has 9 heteroatoms. The molecule has 0 aliphatic rings. The van der Waals surface area contributed by atoms with Crippen LogP contribution in [0.25, 0.3) is 0 Å². The summed E-state index contributed by atoms with van der Waals surface area (Å²) in [5.41, 5.74) is 1.88. The van der Waals surface area contributed by atoms with Crippen molar-refractivity contribution in [3.63, 3.8) is 0 Å². The number of aliphatic imine (C=N–C) groups is 1. The molecule has 0 aliphatic carbocycles. The summed E-state index contributed by atoms with van der Waals surface area (Å²) >= 11 is 0. The van der Waals surface area contributed by atoms with E-state index in [1.54, 1.807) is 0 Å². The number of guanidine groups is 1. The SMILES string of the molecule is CCNC(=NCc1cc(C(CC)CC)no1)NCCS(=O)(=O)NCc1ccccc1. The molecule has 0 atom stereocenters. The number of nitrogens with one attached hydrogen (secondary N) is 3. The predicted octanol–water partition coefficient (Wildman–Crippen LogP) is 2.75. The highest BCUT2D eigenvalue weighted by Gasteiger charge is 2.13. The lowest BCUT2D eigenvalue weighted by Crippen LogP contribution is -2.41. The van der Waals surface area contributed by atoms with Crippen LogP contribution in [0.15, 0.2) is 45.9 Å². The third kappa shape index (κ3) is 8.16. The number of rotatable bonds is 12. The van der Waals surface area contributed by atoms with Crippen molar-refractivity contribution in [1.82, 2.24) is 20.5 Å². The van der Waals surface area contributed by atoms with E-state index in [1.165, 1.54) is 0 Å². The maximum absolute atomic E-state index is 12.2. The van der Waals surface area contributed by atoms with Crippen LogP contribution in [0.2, 0.25) is 0 Å². The molecular formula is C21H33N5O3S. The van der Waals surface area contributed by atoms with E-state index in [0.29, 0.717) is 30.7 Å². The highest BCUT2D eigenvalue weighted by atomic mass is 32.2. The van der Waals surface area contributed by atoms with Crippen LogP contribution < -0.4 is 15.4 Å². The highest BCUT2D eigenvalue weighted by molar-refractivity contribution is 7.89. The van der Waals surface area contributed by atoms with E-state index in [9.17, 15) is 8.42 Å². The van der Waals surface area contributed by atoms with Crippen molar-refractivity contribution in [3.05, 3.63) is 53.4 Å². The van der Waals surface area contributed by atoms with Gasteiger partial charge in [0.05, 0.1) is 11.4 Å². The van der Waals surface area contributed by atoms with Crippen molar-refractivity contribution >= 4 is 16.0 Å². The van der Waals surface area contributed by atoms with Gasteiger partial charge in [0.2, 0.25) is 10.0 Å². The van der Waals surface area contributed by atoms with Crippen molar-refractivity contribution in [2.45, 2.75) is 52.6 Å². The Hall–Kier alpha value is -2.39. The Labute approximate surface area is 179 Å². The fourth-order valence-corrected chi connectivity index (χ4v) is 3.87. The Morgan fingerprint density at radius 2 is 1.87 bits per heavy atom. The van der Waals surface area contributed by atoms with Crippen LogP contribution in [0.5, 0.6) is 0 Å². The van der Waals surface area contributed by atoms with Gasteiger partial charge in [-0.05, 0) is 25.3 Å². The number of sulfonamides is 1. The highest BCUT2D eigenvalue weighted by Crippen LogP contribution is 2.22. The topological polar surface area (TPSA) is 109 Å². The normalized spacial score (nSPS) is 12.3. The van der Waals surface area contributed by atoms with Gasteiger partial charge in [-0.2, -0.15) is 0 Å². The zero-order valence-corrected chi connectivity index (χ0v) is 18.8. The molecule has 3 N–H and O–H groups in total. The molecule has 0 saturated carbocycles. The Kier molecular flexibility index (Phi) is 9.82. The molecule has 0 radical (unpaired) electrons. The van der Waals surface area contributed by atoms with Gasteiger partial charge in [0.1, 0.15) is 6.54 Å². The van der Waals surface area contributed by atoms with Crippen molar-refractivity contribution < 1.29 is 12.9 Å². The fraction of sp³-hybridized carbons (Fsp3) is 0.524. The van der Waals surface area contributed by atoms with Crippen LogP contribution in [-0.4, -0.2) is 38.4 Å². The Bertz CT molecular complexity index is 877. The average Bonchev–Trinajstić information content (AvgIpc) is 3.21. The van der Waals surface area contributed by atoms with Crippen LogP contribution in [0.3, 0.4) is 0 Å². The molecule has 8 nitrogen and oxygen atoms in total. The van der Waals surface area contributed by atoms with Crippen LogP contribution in [-0.2, 0) is 23.1 Å². The van der Waals surface area contributed by atoms with E-state index < -0.39 is 10.0 Å². The maximum atomic E-state index is 12.2.